The van der Waals surface area contributed by atoms with E-state index in [1.165, 1.54) is 11.8 Å². The van der Waals surface area contributed by atoms with Gasteiger partial charge in [0.25, 0.3) is 5.22 Å². The molecule has 0 amide bonds. The van der Waals surface area contributed by atoms with Crippen LogP contribution in [0.4, 0.5) is 0 Å². The number of rotatable bonds is 4. The minimum atomic E-state index is 0.403. The molecule has 1 rings (SSSR count). The molecule has 1 heterocycles. The number of aromatic nitrogens is 2. The van der Waals surface area contributed by atoms with Gasteiger partial charge in [-0.3, -0.25) is 0 Å². The largest absolute Gasteiger partial charge is 0.416 e. The van der Waals surface area contributed by atoms with Gasteiger partial charge in [0.1, 0.15) is 0 Å². The van der Waals surface area contributed by atoms with E-state index in [-0.39, 0.29) is 0 Å². The average molecular weight is 187 g/mol. The summed E-state index contributed by atoms with van der Waals surface area (Å²) in [6.45, 7) is 2.71. The summed E-state index contributed by atoms with van der Waals surface area (Å²) >= 11 is 1.45. The lowest BCUT2D eigenvalue weighted by Gasteiger charge is -2.02. The van der Waals surface area contributed by atoms with Crippen molar-refractivity contribution in [1.29, 1.82) is 0 Å². The van der Waals surface area contributed by atoms with Gasteiger partial charge in [-0.05, 0) is 18.7 Å². The van der Waals surface area contributed by atoms with Crippen molar-refractivity contribution in [3.05, 3.63) is 5.89 Å². The van der Waals surface area contributed by atoms with E-state index < -0.39 is 0 Å². The quantitative estimate of drug-likeness (QED) is 0.710. The predicted octanol–water partition coefficient (Wildman–Crippen LogP) is 0.929. The van der Waals surface area contributed by atoms with Gasteiger partial charge in [0.15, 0.2) is 0 Å². The Labute approximate surface area is 75.9 Å². The van der Waals surface area contributed by atoms with Gasteiger partial charge < -0.3 is 10.2 Å². The monoisotopic (exact) mass is 187 g/mol. The molecular weight excluding hydrogens is 174 g/mol. The number of thioether (sulfide) groups is 1. The highest BCUT2D eigenvalue weighted by atomic mass is 32.2. The Bertz CT molecular complexity index is 238. The van der Waals surface area contributed by atoms with Crippen LogP contribution >= 0.6 is 11.8 Å². The lowest BCUT2D eigenvalue weighted by Crippen LogP contribution is -2.13. The van der Waals surface area contributed by atoms with Crippen LogP contribution in [-0.4, -0.2) is 23.0 Å². The Morgan fingerprint density at radius 1 is 1.58 bits per heavy atom. The topological polar surface area (TPSA) is 64.9 Å². The lowest BCUT2D eigenvalue weighted by atomic mass is 10.1. The van der Waals surface area contributed by atoms with E-state index in [0.717, 1.165) is 6.42 Å². The van der Waals surface area contributed by atoms with Crippen molar-refractivity contribution in [3.63, 3.8) is 0 Å². The number of nitrogens with two attached hydrogens (primary N) is 1. The summed E-state index contributed by atoms with van der Waals surface area (Å²) in [4.78, 5) is 0. The molecule has 68 valence electrons. The van der Waals surface area contributed by atoms with Gasteiger partial charge in [0.2, 0.25) is 5.89 Å². The summed E-state index contributed by atoms with van der Waals surface area (Å²) in [6.07, 6.45) is 2.67. The van der Waals surface area contributed by atoms with Crippen LogP contribution in [0.25, 0.3) is 0 Å². The van der Waals surface area contributed by atoms with E-state index in [0.29, 0.717) is 23.6 Å². The molecule has 0 saturated heterocycles. The van der Waals surface area contributed by atoms with E-state index in [1.54, 1.807) is 0 Å². The first-order valence-electron chi connectivity index (χ1n) is 3.82. The van der Waals surface area contributed by atoms with E-state index in [1.807, 2.05) is 6.26 Å². The van der Waals surface area contributed by atoms with Crippen molar-refractivity contribution in [3.8, 4) is 0 Å². The lowest BCUT2D eigenvalue weighted by molar-refractivity contribution is 0.390. The first kappa shape index (κ1) is 9.54. The number of nitrogens with zero attached hydrogens (tertiary/aromatic N) is 2. The highest BCUT2D eigenvalue weighted by Gasteiger charge is 2.08. The van der Waals surface area contributed by atoms with Crippen molar-refractivity contribution in [2.75, 3.05) is 12.8 Å². The molecule has 0 aromatic carbocycles. The zero-order valence-electron chi connectivity index (χ0n) is 7.28. The third-order valence-electron chi connectivity index (χ3n) is 1.55. The maximum Gasteiger partial charge on any atom is 0.276 e. The molecule has 0 radical (unpaired) electrons. The fourth-order valence-electron chi connectivity index (χ4n) is 0.785. The highest BCUT2D eigenvalue weighted by Crippen LogP contribution is 2.13. The average Bonchev–Trinajstić information content (AvgIpc) is 2.52. The zero-order valence-corrected chi connectivity index (χ0v) is 8.10. The normalized spacial score (nSPS) is 13.2. The molecule has 0 spiro atoms. The Kier molecular flexibility index (Phi) is 3.55. The SMILES string of the molecule is CSc1nnc(CC(C)CN)o1. The molecule has 1 aromatic rings. The van der Waals surface area contributed by atoms with Crippen LogP contribution in [0.15, 0.2) is 9.64 Å². The highest BCUT2D eigenvalue weighted by molar-refractivity contribution is 7.98. The molecule has 2 N–H and O–H groups in total. The van der Waals surface area contributed by atoms with Crippen LogP contribution < -0.4 is 5.73 Å². The maximum atomic E-state index is 5.46. The van der Waals surface area contributed by atoms with Crippen LogP contribution in [-0.2, 0) is 6.42 Å². The van der Waals surface area contributed by atoms with Crippen LogP contribution in [0.2, 0.25) is 0 Å². The summed E-state index contributed by atoms with van der Waals surface area (Å²) in [7, 11) is 0. The van der Waals surface area contributed by atoms with E-state index in [9.17, 15) is 0 Å². The minimum absolute atomic E-state index is 0.403. The molecule has 0 aliphatic rings. The zero-order chi connectivity index (χ0) is 8.97. The molecule has 5 heteroatoms. The predicted molar refractivity (Wildman–Crippen MR) is 48.0 cm³/mol. The molecule has 12 heavy (non-hydrogen) atoms. The van der Waals surface area contributed by atoms with Crippen molar-refractivity contribution < 1.29 is 4.42 Å². The Hall–Kier alpha value is -0.550. The van der Waals surface area contributed by atoms with E-state index >= 15 is 0 Å². The van der Waals surface area contributed by atoms with Crippen LogP contribution in [0.3, 0.4) is 0 Å². The third-order valence-corrected chi connectivity index (χ3v) is 2.06. The van der Waals surface area contributed by atoms with Gasteiger partial charge in [0.05, 0.1) is 0 Å². The molecular formula is C7H13N3OS. The van der Waals surface area contributed by atoms with Gasteiger partial charge in [-0.25, -0.2) is 0 Å². The maximum absolute atomic E-state index is 5.46. The summed E-state index contributed by atoms with van der Waals surface area (Å²) < 4.78 is 5.29. The van der Waals surface area contributed by atoms with Gasteiger partial charge in [0, 0.05) is 6.42 Å². The second kappa shape index (κ2) is 4.47. The molecule has 0 bridgehead atoms. The smallest absolute Gasteiger partial charge is 0.276 e. The van der Waals surface area contributed by atoms with Crippen molar-refractivity contribution in [1.82, 2.24) is 10.2 Å². The third kappa shape index (κ3) is 2.49. The molecule has 4 nitrogen and oxygen atoms in total. The Morgan fingerprint density at radius 2 is 2.33 bits per heavy atom. The molecule has 0 saturated carbocycles. The van der Waals surface area contributed by atoms with Crippen LogP contribution in [0.1, 0.15) is 12.8 Å². The summed E-state index contributed by atoms with van der Waals surface area (Å²) in [5, 5.41) is 8.33. The summed E-state index contributed by atoms with van der Waals surface area (Å²) in [5.74, 6) is 1.08. The van der Waals surface area contributed by atoms with E-state index in [2.05, 4.69) is 17.1 Å². The van der Waals surface area contributed by atoms with Crippen LogP contribution in [0, 0.1) is 5.92 Å². The molecule has 1 atom stereocenters. The fraction of sp³-hybridized carbons (Fsp3) is 0.714. The Morgan fingerprint density at radius 3 is 2.83 bits per heavy atom. The fourth-order valence-corrected chi connectivity index (χ4v) is 1.09. The number of hydrogen-bond donors (Lipinski definition) is 1. The molecule has 1 unspecified atom stereocenters. The summed E-state index contributed by atoms with van der Waals surface area (Å²) in [6, 6.07) is 0. The molecule has 0 fully saturated rings. The van der Waals surface area contributed by atoms with Gasteiger partial charge in [-0.15, -0.1) is 10.2 Å². The van der Waals surface area contributed by atoms with Crippen molar-refractivity contribution >= 4 is 11.8 Å². The second-order valence-electron chi connectivity index (χ2n) is 2.71. The second-order valence-corrected chi connectivity index (χ2v) is 3.47. The van der Waals surface area contributed by atoms with Gasteiger partial charge in [-0.2, -0.15) is 0 Å². The first-order valence-corrected chi connectivity index (χ1v) is 5.05. The summed E-state index contributed by atoms with van der Waals surface area (Å²) in [5.41, 5.74) is 5.46. The molecule has 1 aromatic heterocycles. The van der Waals surface area contributed by atoms with Crippen LogP contribution in [0.5, 0.6) is 0 Å². The molecule has 0 aliphatic carbocycles. The Balaban J connectivity index is 2.52. The van der Waals surface area contributed by atoms with Crippen molar-refractivity contribution in [2.24, 2.45) is 11.7 Å². The standard InChI is InChI=1S/C7H13N3OS/c1-5(4-8)3-6-9-10-7(11-6)12-2/h5H,3-4,8H2,1-2H3. The number of hydrogen-bond acceptors (Lipinski definition) is 5. The van der Waals surface area contributed by atoms with Crippen molar-refractivity contribution in [2.45, 2.75) is 18.6 Å². The van der Waals surface area contributed by atoms with Gasteiger partial charge >= 0.3 is 0 Å². The first-order chi connectivity index (χ1) is 5.76. The minimum Gasteiger partial charge on any atom is -0.416 e. The van der Waals surface area contributed by atoms with E-state index in [4.69, 9.17) is 10.2 Å². The molecule has 0 aliphatic heterocycles. The van der Waals surface area contributed by atoms with Gasteiger partial charge in [-0.1, -0.05) is 18.7 Å².